The van der Waals surface area contributed by atoms with Crippen molar-refractivity contribution in [3.05, 3.63) is 271 Å². The molecule has 0 amide bonds. The number of rotatable bonds is 8. The molecule has 0 unspecified atom stereocenters. The number of hydrogen-bond acceptors (Lipinski definition) is 1. The lowest BCUT2D eigenvalue weighted by molar-refractivity contribution is 0.775. The second-order valence-electron chi connectivity index (χ2n) is 15.6. The van der Waals surface area contributed by atoms with E-state index in [-0.39, 0.29) is 0 Å². The van der Waals surface area contributed by atoms with Gasteiger partial charge in [0.25, 0.3) is 0 Å². The van der Waals surface area contributed by atoms with Crippen LogP contribution in [0.2, 0.25) is 0 Å². The summed E-state index contributed by atoms with van der Waals surface area (Å²) in [6.45, 7) is 0. The molecule has 0 radical (unpaired) electrons. The quantitative estimate of drug-likeness (QED) is 0.149. The first-order valence-electron chi connectivity index (χ1n) is 20.8. The fourth-order valence-corrected chi connectivity index (χ4v) is 9.63. The van der Waals surface area contributed by atoms with Crippen molar-refractivity contribution in [1.29, 1.82) is 0 Å². The summed E-state index contributed by atoms with van der Waals surface area (Å²) in [7, 11) is 0. The van der Waals surface area contributed by atoms with Gasteiger partial charge in [-0.3, -0.25) is 0 Å². The van der Waals surface area contributed by atoms with Crippen molar-refractivity contribution in [3.8, 4) is 44.5 Å². The molecule has 0 aliphatic heterocycles. The predicted molar refractivity (Wildman–Crippen MR) is 252 cm³/mol. The molecule has 10 aromatic carbocycles. The SMILES string of the molecule is c1ccc(-c2ccc(N(c3ccc(-c4ccccc4)cc3)c3cc4c(c5ccccc35)C(c3ccccc3)(c3ccccc3)c3ccc(-c5ccccc5)cc3-4)cc2)cc1. The van der Waals surface area contributed by atoms with Crippen LogP contribution >= 0.6 is 0 Å². The summed E-state index contributed by atoms with van der Waals surface area (Å²) in [5.41, 5.74) is 17.6. The molecule has 0 bridgehead atoms. The maximum atomic E-state index is 2.48. The highest BCUT2D eigenvalue weighted by atomic mass is 15.1. The molecule has 0 N–H and O–H groups in total. The van der Waals surface area contributed by atoms with Crippen molar-refractivity contribution in [2.45, 2.75) is 5.41 Å². The molecule has 11 rings (SSSR count). The number of hydrogen-bond donors (Lipinski definition) is 0. The smallest absolute Gasteiger partial charge is 0.0719 e. The maximum Gasteiger partial charge on any atom is 0.0719 e. The lowest BCUT2D eigenvalue weighted by Gasteiger charge is -2.35. The average molecular weight is 764 g/mol. The summed E-state index contributed by atoms with van der Waals surface area (Å²) >= 11 is 0. The Labute approximate surface area is 352 Å². The Bertz CT molecular complexity index is 2960. The molecule has 1 heteroatoms. The van der Waals surface area contributed by atoms with Crippen molar-refractivity contribution in [1.82, 2.24) is 0 Å². The summed E-state index contributed by atoms with van der Waals surface area (Å²) in [5, 5.41) is 2.44. The van der Waals surface area contributed by atoms with Crippen LogP contribution in [-0.2, 0) is 5.41 Å². The van der Waals surface area contributed by atoms with Crippen LogP contribution in [0.25, 0.3) is 55.3 Å². The van der Waals surface area contributed by atoms with E-state index in [1.165, 1.54) is 77.5 Å². The van der Waals surface area contributed by atoms with Gasteiger partial charge in [0.05, 0.1) is 11.1 Å². The third-order valence-electron chi connectivity index (χ3n) is 12.3. The largest absolute Gasteiger partial charge is 0.310 e. The third-order valence-corrected chi connectivity index (χ3v) is 12.3. The number of benzene rings is 10. The minimum Gasteiger partial charge on any atom is -0.310 e. The molecule has 0 fully saturated rings. The van der Waals surface area contributed by atoms with Crippen molar-refractivity contribution in [3.63, 3.8) is 0 Å². The maximum absolute atomic E-state index is 2.48. The molecule has 10 aromatic rings. The first kappa shape index (κ1) is 35.4. The average Bonchev–Trinajstić information content (AvgIpc) is 3.64. The fourth-order valence-electron chi connectivity index (χ4n) is 9.63. The van der Waals surface area contributed by atoms with Gasteiger partial charge in [0.1, 0.15) is 0 Å². The molecule has 0 saturated heterocycles. The Hall–Kier alpha value is -7.74. The highest BCUT2D eigenvalue weighted by Gasteiger charge is 2.47. The first-order valence-corrected chi connectivity index (χ1v) is 20.8. The van der Waals surface area contributed by atoms with E-state index in [0.717, 1.165) is 17.1 Å². The molecule has 60 heavy (non-hydrogen) atoms. The van der Waals surface area contributed by atoms with Gasteiger partial charge in [0.15, 0.2) is 0 Å². The Morgan fingerprint density at radius 3 is 1.15 bits per heavy atom. The monoisotopic (exact) mass is 763 g/mol. The Balaban J connectivity index is 1.21. The Kier molecular flexibility index (Phi) is 8.79. The Morgan fingerprint density at radius 2 is 0.667 bits per heavy atom. The zero-order chi connectivity index (χ0) is 39.9. The molecule has 0 spiro atoms. The van der Waals surface area contributed by atoms with Crippen LogP contribution in [0.5, 0.6) is 0 Å². The highest BCUT2D eigenvalue weighted by Crippen LogP contribution is 2.60. The van der Waals surface area contributed by atoms with E-state index in [2.05, 4.69) is 254 Å². The molecule has 282 valence electrons. The van der Waals surface area contributed by atoms with Crippen molar-refractivity contribution >= 4 is 27.8 Å². The van der Waals surface area contributed by atoms with Crippen LogP contribution in [0.3, 0.4) is 0 Å². The normalized spacial score (nSPS) is 12.5. The van der Waals surface area contributed by atoms with E-state index in [9.17, 15) is 0 Å². The van der Waals surface area contributed by atoms with Gasteiger partial charge in [-0.1, -0.05) is 212 Å². The molecular weight excluding hydrogens is 723 g/mol. The molecular formula is C59H41N. The minimum atomic E-state index is -0.556. The van der Waals surface area contributed by atoms with E-state index in [4.69, 9.17) is 0 Å². The summed E-state index contributed by atoms with van der Waals surface area (Å²) in [4.78, 5) is 2.46. The van der Waals surface area contributed by atoms with Crippen molar-refractivity contribution in [2.75, 3.05) is 4.90 Å². The molecule has 1 aliphatic rings. The second kappa shape index (κ2) is 14.9. The molecule has 0 heterocycles. The summed E-state index contributed by atoms with van der Waals surface area (Å²) in [5.74, 6) is 0. The number of nitrogens with zero attached hydrogens (tertiary/aromatic N) is 1. The standard InChI is InChI=1S/C59H41N/c1-6-18-42(19-7-1)45-30-35-50(36-31-45)60(51-37-32-46(33-38-51)43-20-8-2-9-21-43)57-41-55-54-40-47(44-22-10-3-11-23-44)34-39-56(54)59(48-24-12-4-13-25-48,49-26-14-5-15-27-49)58(55)53-29-17-16-28-52(53)57/h1-41H. The van der Waals surface area contributed by atoms with Crippen LogP contribution < -0.4 is 4.90 Å². The molecule has 1 aliphatic carbocycles. The van der Waals surface area contributed by atoms with Gasteiger partial charge >= 0.3 is 0 Å². The number of anilines is 3. The van der Waals surface area contributed by atoms with Gasteiger partial charge in [-0.05, 0) is 109 Å². The summed E-state index contributed by atoms with van der Waals surface area (Å²) in [6, 6.07) is 91.1. The topological polar surface area (TPSA) is 3.24 Å². The Morgan fingerprint density at radius 1 is 0.283 bits per heavy atom. The van der Waals surface area contributed by atoms with Crippen LogP contribution in [0.1, 0.15) is 22.3 Å². The van der Waals surface area contributed by atoms with E-state index >= 15 is 0 Å². The zero-order valence-corrected chi connectivity index (χ0v) is 33.1. The van der Waals surface area contributed by atoms with Crippen molar-refractivity contribution in [2.24, 2.45) is 0 Å². The van der Waals surface area contributed by atoms with Crippen LogP contribution in [0.4, 0.5) is 17.1 Å². The van der Waals surface area contributed by atoms with Crippen LogP contribution in [-0.4, -0.2) is 0 Å². The minimum absolute atomic E-state index is 0.556. The zero-order valence-electron chi connectivity index (χ0n) is 33.1. The van der Waals surface area contributed by atoms with E-state index in [0.29, 0.717) is 0 Å². The lowest BCUT2D eigenvalue weighted by atomic mass is 9.66. The van der Waals surface area contributed by atoms with Crippen LogP contribution in [0.15, 0.2) is 249 Å². The van der Waals surface area contributed by atoms with Gasteiger partial charge in [-0.2, -0.15) is 0 Å². The van der Waals surface area contributed by atoms with Gasteiger partial charge in [-0.25, -0.2) is 0 Å². The van der Waals surface area contributed by atoms with E-state index in [1.807, 2.05) is 0 Å². The van der Waals surface area contributed by atoms with Gasteiger partial charge < -0.3 is 4.90 Å². The second-order valence-corrected chi connectivity index (χ2v) is 15.6. The summed E-state index contributed by atoms with van der Waals surface area (Å²) < 4.78 is 0. The van der Waals surface area contributed by atoms with E-state index in [1.54, 1.807) is 0 Å². The van der Waals surface area contributed by atoms with Crippen molar-refractivity contribution < 1.29 is 0 Å². The van der Waals surface area contributed by atoms with Gasteiger partial charge in [0.2, 0.25) is 0 Å². The summed E-state index contributed by atoms with van der Waals surface area (Å²) in [6.07, 6.45) is 0. The predicted octanol–water partition coefficient (Wildman–Crippen LogP) is 15.7. The van der Waals surface area contributed by atoms with Crippen LogP contribution in [0, 0.1) is 0 Å². The lowest BCUT2D eigenvalue weighted by Crippen LogP contribution is -2.29. The number of fused-ring (bicyclic) bond motifs is 5. The van der Waals surface area contributed by atoms with E-state index < -0.39 is 5.41 Å². The molecule has 0 aromatic heterocycles. The first-order chi connectivity index (χ1) is 29.8. The third kappa shape index (κ3) is 5.86. The van der Waals surface area contributed by atoms with Gasteiger partial charge in [-0.15, -0.1) is 0 Å². The fraction of sp³-hybridized carbons (Fsp3) is 0.0169. The molecule has 0 saturated carbocycles. The molecule has 0 atom stereocenters. The van der Waals surface area contributed by atoms with Gasteiger partial charge in [0, 0.05) is 16.8 Å². The molecule has 1 nitrogen and oxygen atoms in total. The highest BCUT2D eigenvalue weighted by molar-refractivity contribution is 6.09.